The molecule has 0 amide bonds. The third-order valence-corrected chi connectivity index (χ3v) is 9.26. The van der Waals surface area contributed by atoms with Gasteiger partial charge in [0.15, 0.2) is 0 Å². The number of aromatic nitrogens is 2. The van der Waals surface area contributed by atoms with Crippen molar-refractivity contribution in [3.05, 3.63) is 90.5 Å². The standard InChI is InChI=1S/C39H61N2/c1-4-6-8-9-10-11-12-13-14-15-16-17-25-31-40-32-33-41(35-40)38(30-20-7-5-2)39(3,37-28-23-19-24-29-37)34-36-26-21-18-22-27-36/h18-19,21-24,26-29,32-33,35,38H,4-17,20,25,30-31,34H2,1-3H3/q+1. The van der Waals surface area contributed by atoms with Crippen LogP contribution in [0.5, 0.6) is 0 Å². The highest BCUT2D eigenvalue weighted by atomic mass is 15.1. The lowest BCUT2D eigenvalue weighted by atomic mass is 9.70. The number of benzene rings is 2. The summed E-state index contributed by atoms with van der Waals surface area (Å²) in [7, 11) is 0. The molecule has 3 rings (SSSR count). The number of hydrogen-bond donors (Lipinski definition) is 0. The average Bonchev–Trinajstić information content (AvgIpc) is 3.47. The third-order valence-electron chi connectivity index (χ3n) is 9.26. The molecule has 0 aliphatic heterocycles. The number of hydrogen-bond acceptors (Lipinski definition) is 0. The molecule has 3 aromatic rings. The molecular formula is C39H61N2+. The van der Waals surface area contributed by atoms with Crippen LogP contribution in [0.1, 0.15) is 147 Å². The highest BCUT2D eigenvalue weighted by Crippen LogP contribution is 2.41. The highest BCUT2D eigenvalue weighted by Gasteiger charge is 2.40. The Morgan fingerprint density at radius 3 is 1.73 bits per heavy atom. The summed E-state index contributed by atoms with van der Waals surface area (Å²) in [4.78, 5) is 0. The number of rotatable bonds is 23. The molecule has 41 heavy (non-hydrogen) atoms. The summed E-state index contributed by atoms with van der Waals surface area (Å²) in [5.74, 6) is 0. The normalized spacial score (nSPS) is 13.7. The van der Waals surface area contributed by atoms with Gasteiger partial charge in [-0.15, -0.1) is 0 Å². The van der Waals surface area contributed by atoms with Crippen LogP contribution in [0, 0.1) is 0 Å². The maximum absolute atomic E-state index is 2.55. The smallest absolute Gasteiger partial charge is 0.237 e. The van der Waals surface area contributed by atoms with Gasteiger partial charge in [0.05, 0.1) is 6.54 Å². The van der Waals surface area contributed by atoms with E-state index in [1.807, 2.05) is 0 Å². The van der Waals surface area contributed by atoms with Gasteiger partial charge in [-0.3, -0.25) is 0 Å². The number of aryl methyl sites for hydroxylation is 1. The van der Waals surface area contributed by atoms with E-state index in [9.17, 15) is 0 Å². The summed E-state index contributed by atoms with van der Waals surface area (Å²) in [6, 6.07) is 22.8. The average molecular weight is 558 g/mol. The number of unbranched alkanes of at least 4 members (excludes halogenated alkanes) is 14. The minimum atomic E-state index is 0.0166. The van der Waals surface area contributed by atoms with Crippen molar-refractivity contribution in [1.82, 2.24) is 4.57 Å². The fourth-order valence-electron chi connectivity index (χ4n) is 6.68. The molecule has 0 aliphatic carbocycles. The molecule has 2 aromatic carbocycles. The minimum absolute atomic E-state index is 0.0166. The second-order valence-electron chi connectivity index (χ2n) is 12.8. The van der Waals surface area contributed by atoms with Gasteiger partial charge in [0.2, 0.25) is 6.33 Å². The molecule has 0 N–H and O–H groups in total. The summed E-state index contributed by atoms with van der Waals surface area (Å²) < 4.78 is 4.99. The first-order valence-corrected chi connectivity index (χ1v) is 17.3. The Labute approximate surface area is 253 Å². The molecule has 0 fully saturated rings. The largest absolute Gasteiger partial charge is 0.244 e. The van der Waals surface area contributed by atoms with Crippen molar-refractivity contribution < 1.29 is 4.57 Å². The minimum Gasteiger partial charge on any atom is -0.237 e. The van der Waals surface area contributed by atoms with Crippen molar-refractivity contribution in [3.8, 4) is 0 Å². The SMILES string of the molecule is CCCCCCCCCCCCCCC[n+]1ccn(C(CCCCC)C(C)(Cc2ccccc2)c2ccccc2)c1. The monoisotopic (exact) mass is 557 g/mol. The Balaban J connectivity index is 1.53. The quantitative estimate of drug-likeness (QED) is 0.0810. The van der Waals surface area contributed by atoms with Crippen molar-refractivity contribution in [2.24, 2.45) is 0 Å². The van der Waals surface area contributed by atoms with E-state index >= 15 is 0 Å². The molecule has 1 aromatic heterocycles. The highest BCUT2D eigenvalue weighted by molar-refractivity contribution is 5.30. The van der Waals surface area contributed by atoms with E-state index < -0.39 is 0 Å². The Morgan fingerprint density at radius 2 is 1.15 bits per heavy atom. The molecule has 2 atom stereocenters. The molecule has 0 spiro atoms. The lowest BCUT2D eigenvalue weighted by Crippen LogP contribution is -2.38. The Bertz CT molecular complexity index is 1020. The van der Waals surface area contributed by atoms with Gasteiger partial charge in [0, 0.05) is 5.41 Å². The van der Waals surface area contributed by atoms with Crippen LogP contribution in [0.25, 0.3) is 0 Å². The van der Waals surface area contributed by atoms with Crippen LogP contribution in [0.4, 0.5) is 0 Å². The van der Waals surface area contributed by atoms with E-state index in [-0.39, 0.29) is 5.41 Å². The molecule has 1 heterocycles. The van der Waals surface area contributed by atoms with Crippen molar-refractivity contribution in [1.29, 1.82) is 0 Å². The molecule has 2 nitrogen and oxygen atoms in total. The molecule has 2 unspecified atom stereocenters. The van der Waals surface area contributed by atoms with Gasteiger partial charge in [-0.25, -0.2) is 9.13 Å². The van der Waals surface area contributed by atoms with Crippen LogP contribution in [0.3, 0.4) is 0 Å². The molecule has 0 saturated carbocycles. The van der Waals surface area contributed by atoms with Crippen molar-refractivity contribution in [3.63, 3.8) is 0 Å². The Hall–Kier alpha value is -2.35. The molecule has 0 saturated heterocycles. The second kappa shape index (κ2) is 19.7. The fourth-order valence-corrected chi connectivity index (χ4v) is 6.68. The topological polar surface area (TPSA) is 8.81 Å². The van der Waals surface area contributed by atoms with Crippen LogP contribution in [0.15, 0.2) is 79.4 Å². The van der Waals surface area contributed by atoms with Gasteiger partial charge >= 0.3 is 0 Å². The Kier molecular flexibility index (Phi) is 15.9. The van der Waals surface area contributed by atoms with E-state index in [2.05, 4.69) is 109 Å². The predicted octanol–water partition coefficient (Wildman–Crippen LogP) is 11.2. The summed E-state index contributed by atoms with van der Waals surface area (Å²) in [6.45, 7) is 8.25. The molecule has 2 heteroatoms. The van der Waals surface area contributed by atoms with Gasteiger partial charge in [0.25, 0.3) is 0 Å². The van der Waals surface area contributed by atoms with Crippen LogP contribution < -0.4 is 4.57 Å². The van der Waals surface area contributed by atoms with Crippen molar-refractivity contribution >= 4 is 0 Å². The van der Waals surface area contributed by atoms with Gasteiger partial charge in [0.1, 0.15) is 18.4 Å². The predicted molar refractivity (Wildman–Crippen MR) is 177 cm³/mol. The number of imidazole rings is 1. The molecule has 0 bridgehead atoms. The summed E-state index contributed by atoms with van der Waals surface area (Å²) in [5.41, 5.74) is 2.89. The van der Waals surface area contributed by atoms with E-state index in [0.717, 1.165) is 13.0 Å². The summed E-state index contributed by atoms with van der Waals surface area (Å²) >= 11 is 0. The summed E-state index contributed by atoms with van der Waals surface area (Å²) in [6.07, 6.45) is 31.5. The summed E-state index contributed by atoms with van der Waals surface area (Å²) in [5, 5.41) is 0. The lowest BCUT2D eigenvalue weighted by molar-refractivity contribution is -0.697. The van der Waals surface area contributed by atoms with E-state index in [4.69, 9.17) is 0 Å². The van der Waals surface area contributed by atoms with E-state index in [1.165, 1.54) is 120 Å². The fraction of sp³-hybridized carbons (Fsp3) is 0.615. The maximum atomic E-state index is 2.55. The van der Waals surface area contributed by atoms with Crippen molar-refractivity contribution in [2.75, 3.05) is 0 Å². The molecule has 226 valence electrons. The zero-order chi connectivity index (χ0) is 29.0. The molecule has 0 aliphatic rings. The first-order chi connectivity index (χ1) is 20.2. The Morgan fingerprint density at radius 1 is 0.634 bits per heavy atom. The maximum Gasteiger partial charge on any atom is 0.244 e. The van der Waals surface area contributed by atoms with Crippen molar-refractivity contribution in [2.45, 2.75) is 154 Å². The van der Waals surface area contributed by atoms with E-state index in [1.54, 1.807) is 0 Å². The van der Waals surface area contributed by atoms with Gasteiger partial charge in [-0.1, -0.05) is 165 Å². The number of nitrogens with zero attached hydrogens (tertiary/aromatic N) is 2. The second-order valence-corrected chi connectivity index (χ2v) is 12.8. The first-order valence-electron chi connectivity index (χ1n) is 17.3. The zero-order valence-corrected chi connectivity index (χ0v) is 26.9. The zero-order valence-electron chi connectivity index (χ0n) is 26.9. The van der Waals surface area contributed by atoms with Crippen LogP contribution >= 0.6 is 0 Å². The van der Waals surface area contributed by atoms with Gasteiger partial charge < -0.3 is 0 Å². The molecule has 0 radical (unpaired) electrons. The first kappa shape index (κ1) is 33.2. The molecular weight excluding hydrogens is 496 g/mol. The van der Waals surface area contributed by atoms with Crippen LogP contribution in [-0.2, 0) is 18.4 Å². The van der Waals surface area contributed by atoms with Crippen LogP contribution in [-0.4, -0.2) is 4.57 Å². The third kappa shape index (κ3) is 11.8. The van der Waals surface area contributed by atoms with Gasteiger partial charge in [-0.2, -0.15) is 0 Å². The van der Waals surface area contributed by atoms with E-state index in [0.29, 0.717) is 6.04 Å². The van der Waals surface area contributed by atoms with Gasteiger partial charge in [-0.05, 0) is 43.2 Å². The lowest BCUT2D eigenvalue weighted by Gasteiger charge is -2.37. The van der Waals surface area contributed by atoms with Crippen LogP contribution in [0.2, 0.25) is 0 Å².